The molecule has 122 valence electrons. The highest BCUT2D eigenvalue weighted by Crippen LogP contribution is 2.25. The van der Waals surface area contributed by atoms with Crippen LogP contribution in [0, 0.1) is 11.7 Å². The molecule has 1 aliphatic rings. The van der Waals surface area contributed by atoms with E-state index in [1.54, 1.807) is 6.07 Å². The molecule has 2 aromatic rings. The number of piperidine rings is 1. The molecule has 5 nitrogen and oxygen atoms in total. The summed E-state index contributed by atoms with van der Waals surface area (Å²) in [5.74, 6) is 1.69. The van der Waals surface area contributed by atoms with Crippen LogP contribution in [0.2, 0.25) is 5.02 Å². The monoisotopic (exact) mass is 335 g/mol. The van der Waals surface area contributed by atoms with Gasteiger partial charge in [-0.3, -0.25) is 0 Å². The molecular weight excluding hydrogens is 317 g/mol. The predicted molar refractivity (Wildman–Crippen MR) is 90.7 cm³/mol. The number of hydrogen-bond acceptors (Lipinski definition) is 5. The number of nitrogens with one attached hydrogen (secondary N) is 1. The van der Waals surface area contributed by atoms with Gasteiger partial charge < -0.3 is 16.0 Å². The zero-order chi connectivity index (χ0) is 16.2. The van der Waals surface area contributed by atoms with Gasteiger partial charge in [0.1, 0.15) is 23.8 Å². The molecule has 1 aromatic carbocycles. The van der Waals surface area contributed by atoms with Gasteiger partial charge in [0.05, 0.1) is 5.02 Å². The van der Waals surface area contributed by atoms with Crippen molar-refractivity contribution in [3.8, 4) is 0 Å². The van der Waals surface area contributed by atoms with E-state index >= 15 is 0 Å². The van der Waals surface area contributed by atoms with Crippen LogP contribution in [0.4, 0.5) is 21.7 Å². The molecule has 0 atom stereocenters. The number of hydrogen-bond donors (Lipinski definition) is 2. The highest BCUT2D eigenvalue weighted by atomic mass is 35.5. The Hall–Kier alpha value is -1.92. The minimum atomic E-state index is -0.441. The van der Waals surface area contributed by atoms with Gasteiger partial charge in [0.25, 0.3) is 0 Å². The molecule has 0 aliphatic carbocycles. The van der Waals surface area contributed by atoms with Gasteiger partial charge in [-0.1, -0.05) is 11.6 Å². The van der Waals surface area contributed by atoms with E-state index in [9.17, 15) is 4.39 Å². The van der Waals surface area contributed by atoms with Crippen LogP contribution in [0.15, 0.2) is 30.6 Å². The van der Waals surface area contributed by atoms with Crippen LogP contribution in [-0.4, -0.2) is 29.6 Å². The smallest absolute Gasteiger partial charge is 0.141 e. The largest absolute Gasteiger partial charge is 0.356 e. The maximum absolute atomic E-state index is 13.2. The van der Waals surface area contributed by atoms with Crippen molar-refractivity contribution in [2.45, 2.75) is 12.8 Å². The van der Waals surface area contributed by atoms with Gasteiger partial charge in [0.2, 0.25) is 0 Å². The Morgan fingerprint density at radius 2 is 2.04 bits per heavy atom. The number of rotatable bonds is 4. The lowest BCUT2D eigenvalue weighted by Gasteiger charge is -2.32. The van der Waals surface area contributed by atoms with E-state index in [4.69, 9.17) is 17.3 Å². The second-order valence-electron chi connectivity index (χ2n) is 5.68. The molecule has 1 saturated heterocycles. The summed E-state index contributed by atoms with van der Waals surface area (Å²) in [6.45, 7) is 2.64. The quantitative estimate of drug-likeness (QED) is 0.898. The number of anilines is 3. The van der Waals surface area contributed by atoms with E-state index in [-0.39, 0.29) is 5.02 Å². The maximum atomic E-state index is 13.2. The normalized spacial score (nSPS) is 15.7. The fourth-order valence-electron chi connectivity index (χ4n) is 2.71. The van der Waals surface area contributed by atoms with Gasteiger partial charge in [0, 0.05) is 24.8 Å². The van der Waals surface area contributed by atoms with Gasteiger partial charge in [-0.15, -0.1) is 0 Å². The van der Waals surface area contributed by atoms with E-state index in [1.165, 1.54) is 18.5 Å². The Morgan fingerprint density at radius 3 is 2.74 bits per heavy atom. The predicted octanol–water partition coefficient (Wildman–Crippen LogP) is 3.19. The average molecular weight is 336 g/mol. The van der Waals surface area contributed by atoms with Crippen LogP contribution in [0.1, 0.15) is 12.8 Å². The maximum Gasteiger partial charge on any atom is 0.141 e. The number of aromatic nitrogens is 2. The van der Waals surface area contributed by atoms with Crippen molar-refractivity contribution in [3.05, 3.63) is 41.4 Å². The van der Waals surface area contributed by atoms with Crippen LogP contribution in [0.5, 0.6) is 0 Å². The average Bonchev–Trinajstić information content (AvgIpc) is 2.58. The molecule has 0 radical (unpaired) electrons. The van der Waals surface area contributed by atoms with E-state index in [0.717, 1.165) is 38.3 Å². The minimum absolute atomic E-state index is 0.0770. The second kappa shape index (κ2) is 7.10. The topological polar surface area (TPSA) is 67.1 Å². The molecule has 1 aromatic heterocycles. The molecule has 0 amide bonds. The third kappa shape index (κ3) is 3.89. The molecule has 3 N–H and O–H groups in total. The van der Waals surface area contributed by atoms with E-state index in [0.29, 0.717) is 17.4 Å². The first-order valence-corrected chi connectivity index (χ1v) is 8.02. The molecule has 0 saturated carbocycles. The molecule has 7 heteroatoms. The van der Waals surface area contributed by atoms with Crippen LogP contribution in [0.3, 0.4) is 0 Å². The van der Waals surface area contributed by atoms with Crippen LogP contribution in [-0.2, 0) is 0 Å². The summed E-state index contributed by atoms with van der Waals surface area (Å²) in [5.41, 5.74) is 6.41. The van der Waals surface area contributed by atoms with Crippen LogP contribution >= 0.6 is 11.6 Å². The summed E-state index contributed by atoms with van der Waals surface area (Å²) >= 11 is 5.79. The second-order valence-corrected chi connectivity index (χ2v) is 6.09. The fraction of sp³-hybridized carbons (Fsp3) is 0.375. The van der Waals surface area contributed by atoms with Crippen LogP contribution in [0.25, 0.3) is 0 Å². The lowest BCUT2D eigenvalue weighted by Crippen LogP contribution is -2.36. The van der Waals surface area contributed by atoms with Crippen molar-refractivity contribution in [2.24, 2.45) is 11.7 Å². The standard InChI is InChI=1S/C16H19ClFN5/c17-13-7-12(1-2-14(13)18)22-15-8-16(21-10-20-15)23-5-3-11(9-19)4-6-23/h1-2,7-8,10-11H,3-6,9,19H2,(H,20,21,22). The van der Waals surface area contributed by atoms with Gasteiger partial charge in [0.15, 0.2) is 0 Å². The Bertz CT molecular complexity index is 673. The van der Waals surface area contributed by atoms with E-state index in [2.05, 4.69) is 20.2 Å². The summed E-state index contributed by atoms with van der Waals surface area (Å²) in [7, 11) is 0. The zero-order valence-electron chi connectivity index (χ0n) is 12.7. The molecular formula is C16H19ClFN5. The van der Waals surface area contributed by atoms with Gasteiger partial charge in [-0.25, -0.2) is 14.4 Å². The van der Waals surface area contributed by atoms with Crippen molar-refractivity contribution in [2.75, 3.05) is 29.9 Å². The molecule has 0 unspecified atom stereocenters. The highest BCUT2D eigenvalue weighted by molar-refractivity contribution is 6.31. The Balaban J connectivity index is 1.71. The van der Waals surface area contributed by atoms with Crippen molar-refractivity contribution in [1.29, 1.82) is 0 Å². The molecule has 0 spiro atoms. The Morgan fingerprint density at radius 1 is 1.26 bits per heavy atom. The first-order valence-electron chi connectivity index (χ1n) is 7.65. The number of nitrogens with zero attached hydrogens (tertiary/aromatic N) is 3. The Kier molecular flexibility index (Phi) is 4.93. The van der Waals surface area contributed by atoms with Crippen molar-refractivity contribution >= 4 is 28.9 Å². The first kappa shape index (κ1) is 16.0. The van der Waals surface area contributed by atoms with Crippen molar-refractivity contribution in [1.82, 2.24) is 9.97 Å². The lowest BCUT2D eigenvalue weighted by atomic mass is 9.97. The fourth-order valence-corrected chi connectivity index (χ4v) is 2.89. The minimum Gasteiger partial charge on any atom is -0.356 e. The molecule has 23 heavy (non-hydrogen) atoms. The number of halogens is 2. The summed E-state index contributed by atoms with van der Waals surface area (Å²) in [4.78, 5) is 10.8. The zero-order valence-corrected chi connectivity index (χ0v) is 13.4. The van der Waals surface area contributed by atoms with Gasteiger partial charge >= 0.3 is 0 Å². The van der Waals surface area contributed by atoms with Gasteiger partial charge in [-0.2, -0.15) is 0 Å². The third-order valence-corrected chi connectivity index (χ3v) is 4.41. The summed E-state index contributed by atoms with van der Waals surface area (Å²) in [5, 5.41) is 3.20. The molecule has 2 heterocycles. The van der Waals surface area contributed by atoms with Crippen molar-refractivity contribution in [3.63, 3.8) is 0 Å². The summed E-state index contributed by atoms with van der Waals surface area (Å²) < 4.78 is 13.2. The molecule has 1 fully saturated rings. The Labute approximate surface area is 139 Å². The summed E-state index contributed by atoms with van der Waals surface area (Å²) in [6.07, 6.45) is 3.69. The van der Waals surface area contributed by atoms with E-state index in [1.807, 2.05) is 6.07 Å². The van der Waals surface area contributed by atoms with Gasteiger partial charge in [-0.05, 0) is 43.5 Å². The lowest BCUT2D eigenvalue weighted by molar-refractivity contribution is 0.413. The first-order chi connectivity index (χ1) is 11.2. The number of benzene rings is 1. The van der Waals surface area contributed by atoms with E-state index < -0.39 is 5.82 Å². The third-order valence-electron chi connectivity index (χ3n) is 4.12. The molecule has 1 aliphatic heterocycles. The van der Waals surface area contributed by atoms with Crippen LogP contribution < -0.4 is 16.0 Å². The summed E-state index contributed by atoms with van der Waals surface area (Å²) in [6, 6.07) is 6.37. The SMILES string of the molecule is NCC1CCN(c2cc(Nc3ccc(F)c(Cl)c3)ncn2)CC1. The molecule has 3 rings (SSSR count). The highest BCUT2D eigenvalue weighted by Gasteiger charge is 2.19. The van der Waals surface area contributed by atoms with Crippen molar-refractivity contribution < 1.29 is 4.39 Å². The number of nitrogens with two attached hydrogens (primary N) is 1. The molecule has 0 bridgehead atoms.